The molecule has 4 bridgehead atoms. The average Bonchev–Trinajstić information content (AvgIpc) is 3.09. The molecule has 8 nitrogen and oxygen atoms in total. The van der Waals surface area contributed by atoms with Crippen molar-refractivity contribution in [1.29, 1.82) is 0 Å². The number of amides is 3. The predicted octanol–water partition coefficient (Wildman–Crippen LogP) is 3.10. The minimum atomic E-state index is -1.09. The van der Waals surface area contributed by atoms with Gasteiger partial charge in [0.05, 0.1) is 6.42 Å². The van der Waals surface area contributed by atoms with E-state index in [0.29, 0.717) is 29.0 Å². The number of urea groups is 1. The molecule has 1 aromatic heterocycles. The summed E-state index contributed by atoms with van der Waals surface area (Å²) in [5.41, 5.74) is 0.845. The lowest BCUT2D eigenvalue weighted by Gasteiger charge is -2.56. The number of rotatable bonds is 5. The molecule has 8 heteroatoms. The van der Waals surface area contributed by atoms with Crippen LogP contribution < -0.4 is 10.6 Å². The van der Waals surface area contributed by atoms with Crippen LogP contribution in [0.2, 0.25) is 0 Å². The van der Waals surface area contributed by atoms with E-state index in [0.717, 1.165) is 24.6 Å². The topological polar surface area (TPSA) is 111 Å². The van der Waals surface area contributed by atoms with Crippen molar-refractivity contribution in [3.05, 3.63) is 30.0 Å². The van der Waals surface area contributed by atoms with Gasteiger partial charge in [0.1, 0.15) is 5.69 Å². The average molecular weight is 425 g/mol. The zero-order valence-corrected chi connectivity index (χ0v) is 17.6. The van der Waals surface area contributed by atoms with E-state index in [4.69, 9.17) is 9.26 Å². The molecular weight excluding hydrogens is 398 g/mol. The Hall–Kier alpha value is -2.90. The van der Waals surface area contributed by atoms with Crippen molar-refractivity contribution in [3.63, 3.8) is 0 Å². The zero-order valence-electron chi connectivity index (χ0n) is 17.6. The summed E-state index contributed by atoms with van der Waals surface area (Å²) in [6.45, 7) is 1.45. The van der Waals surface area contributed by atoms with Gasteiger partial charge in [-0.1, -0.05) is 17.3 Å². The van der Waals surface area contributed by atoms with E-state index in [2.05, 4.69) is 15.8 Å². The van der Waals surface area contributed by atoms with Crippen molar-refractivity contribution < 1.29 is 23.6 Å². The molecule has 2 N–H and O–H groups in total. The molecule has 4 aliphatic rings. The first-order valence-electron chi connectivity index (χ1n) is 11.0. The number of nitrogens with one attached hydrogen (secondary N) is 2. The van der Waals surface area contributed by atoms with Gasteiger partial charge >= 0.3 is 12.0 Å². The highest BCUT2D eigenvalue weighted by Crippen LogP contribution is 2.55. The number of nitrogens with zero attached hydrogens (tertiary/aromatic N) is 1. The first-order chi connectivity index (χ1) is 14.9. The summed E-state index contributed by atoms with van der Waals surface area (Å²) in [6.07, 6.45) is 5.60. The molecular formula is C23H27N3O5. The van der Waals surface area contributed by atoms with E-state index in [-0.39, 0.29) is 12.0 Å². The molecule has 164 valence electrons. The lowest BCUT2D eigenvalue weighted by Crippen LogP contribution is -2.62. The summed E-state index contributed by atoms with van der Waals surface area (Å²) in [5.74, 6) is 0.822. The minimum Gasteiger partial charge on any atom is -0.452 e. The van der Waals surface area contributed by atoms with E-state index >= 15 is 0 Å². The number of imide groups is 1. The van der Waals surface area contributed by atoms with Gasteiger partial charge in [-0.05, 0) is 75.3 Å². The molecule has 1 aromatic carbocycles. The summed E-state index contributed by atoms with van der Waals surface area (Å²) in [4.78, 5) is 37.2. The monoisotopic (exact) mass is 425 g/mol. The fourth-order valence-electron chi connectivity index (χ4n) is 6.24. The maximum absolute atomic E-state index is 12.5. The van der Waals surface area contributed by atoms with Crippen molar-refractivity contribution in [2.75, 3.05) is 0 Å². The highest BCUT2D eigenvalue weighted by atomic mass is 16.5. The largest absolute Gasteiger partial charge is 0.452 e. The molecule has 0 aliphatic heterocycles. The molecule has 31 heavy (non-hydrogen) atoms. The lowest BCUT2D eigenvalue weighted by atomic mass is 9.53. The first kappa shape index (κ1) is 20.0. The quantitative estimate of drug-likeness (QED) is 0.712. The molecule has 0 radical (unpaired) electrons. The number of aromatic nitrogens is 1. The third-order valence-electron chi connectivity index (χ3n) is 7.10. The zero-order chi connectivity index (χ0) is 21.6. The van der Waals surface area contributed by atoms with Gasteiger partial charge in [0, 0.05) is 10.9 Å². The Labute approximate surface area is 180 Å². The lowest BCUT2D eigenvalue weighted by molar-refractivity contribution is -0.153. The van der Waals surface area contributed by atoms with Crippen molar-refractivity contribution in [1.82, 2.24) is 15.8 Å². The number of carbonyl (C=O) groups is 3. The smallest absolute Gasteiger partial charge is 0.321 e. The summed E-state index contributed by atoms with van der Waals surface area (Å²) in [6, 6.07) is 6.70. The van der Waals surface area contributed by atoms with Crippen LogP contribution in [0.15, 0.2) is 28.8 Å². The van der Waals surface area contributed by atoms with Gasteiger partial charge in [-0.2, -0.15) is 0 Å². The van der Waals surface area contributed by atoms with Crippen molar-refractivity contribution in [2.45, 2.75) is 63.5 Å². The number of hydrogen-bond acceptors (Lipinski definition) is 6. The maximum Gasteiger partial charge on any atom is 0.321 e. The first-order valence-corrected chi connectivity index (χ1v) is 11.0. The number of para-hydroxylation sites is 1. The van der Waals surface area contributed by atoms with Crippen LogP contribution in [-0.4, -0.2) is 34.7 Å². The Bertz CT molecular complexity index is 994. The number of fused-ring (bicyclic) bond motifs is 1. The SMILES string of the molecule is C[C@@H](OC(=O)Cc1noc2ccccc12)C(=O)NC(=O)NC12CC3CC(CC(C3)C1)C2. The number of benzene rings is 1. The summed E-state index contributed by atoms with van der Waals surface area (Å²) in [7, 11) is 0. The van der Waals surface area contributed by atoms with Gasteiger partial charge in [0.15, 0.2) is 11.7 Å². The van der Waals surface area contributed by atoms with Crippen LogP contribution in [0.25, 0.3) is 11.0 Å². The van der Waals surface area contributed by atoms with Crippen molar-refractivity contribution in [2.24, 2.45) is 17.8 Å². The molecule has 2 aromatic rings. The Kier molecular flexibility index (Phi) is 4.95. The third kappa shape index (κ3) is 4.03. The van der Waals surface area contributed by atoms with Gasteiger partial charge in [0.2, 0.25) is 0 Å². The van der Waals surface area contributed by atoms with Gasteiger partial charge in [-0.15, -0.1) is 0 Å². The third-order valence-corrected chi connectivity index (χ3v) is 7.10. The van der Waals surface area contributed by atoms with Crippen LogP contribution in [-0.2, 0) is 20.7 Å². The summed E-state index contributed by atoms with van der Waals surface area (Å²) < 4.78 is 10.4. The fraction of sp³-hybridized carbons (Fsp3) is 0.565. The van der Waals surface area contributed by atoms with E-state index in [1.54, 1.807) is 12.1 Å². The molecule has 3 amide bonds. The van der Waals surface area contributed by atoms with E-state index < -0.39 is 24.0 Å². The van der Waals surface area contributed by atoms with Crippen molar-refractivity contribution >= 4 is 28.9 Å². The second-order valence-electron chi connectivity index (χ2n) is 9.58. The summed E-state index contributed by atoms with van der Waals surface area (Å²) in [5, 5.41) is 10.1. The van der Waals surface area contributed by atoms with Gasteiger partial charge in [0.25, 0.3) is 5.91 Å². The van der Waals surface area contributed by atoms with Gasteiger partial charge < -0.3 is 14.6 Å². The highest BCUT2D eigenvalue weighted by Gasteiger charge is 2.51. The molecule has 6 rings (SSSR count). The Morgan fingerprint density at radius 3 is 2.45 bits per heavy atom. The maximum atomic E-state index is 12.5. The van der Waals surface area contributed by atoms with Crippen LogP contribution >= 0.6 is 0 Å². The van der Waals surface area contributed by atoms with E-state index in [1.807, 2.05) is 12.1 Å². The summed E-state index contributed by atoms with van der Waals surface area (Å²) >= 11 is 0. The Morgan fingerprint density at radius 1 is 1.13 bits per heavy atom. The van der Waals surface area contributed by atoms with Crippen LogP contribution in [0.1, 0.15) is 51.1 Å². The standard InChI is InChI=1S/C23H27N3O5/c1-13(30-20(27)9-18-17-4-2-3-5-19(17)31-26-18)21(28)24-22(29)25-23-10-14-6-15(11-23)8-16(7-14)12-23/h2-5,13-16H,6-12H2,1H3,(H2,24,25,28,29)/t13-,14?,15?,16?,23?/m1/s1. The van der Waals surface area contributed by atoms with Crippen molar-refractivity contribution in [3.8, 4) is 0 Å². The normalized spacial score (nSPS) is 29.5. The van der Waals surface area contributed by atoms with Crippen LogP contribution in [0, 0.1) is 17.8 Å². The second-order valence-corrected chi connectivity index (χ2v) is 9.58. The molecule has 0 unspecified atom stereocenters. The molecule has 4 aliphatic carbocycles. The Morgan fingerprint density at radius 2 is 1.77 bits per heavy atom. The molecule has 0 saturated heterocycles. The van der Waals surface area contributed by atoms with Gasteiger partial charge in [-0.25, -0.2) is 4.79 Å². The molecule has 1 atom stereocenters. The fourth-order valence-corrected chi connectivity index (χ4v) is 6.24. The van der Waals surface area contributed by atoms with Crippen LogP contribution in [0.5, 0.6) is 0 Å². The molecule has 0 spiro atoms. The van der Waals surface area contributed by atoms with Crippen LogP contribution in [0.3, 0.4) is 0 Å². The van der Waals surface area contributed by atoms with Gasteiger partial charge in [-0.3, -0.25) is 14.9 Å². The second kappa shape index (κ2) is 7.66. The highest BCUT2D eigenvalue weighted by molar-refractivity contribution is 5.97. The molecule has 4 saturated carbocycles. The molecule has 1 heterocycles. The minimum absolute atomic E-state index is 0.117. The predicted molar refractivity (Wildman–Crippen MR) is 111 cm³/mol. The molecule has 4 fully saturated rings. The number of carbonyl (C=O) groups excluding carboxylic acids is 3. The van der Waals surface area contributed by atoms with E-state index in [9.17, 15) is 14.4 Å². The number of esters is 1. The van der Waals surface area contributed by atoms with Crippen LogP contribution in [0.4, 0.5) is 4.79 Å². The van der Waals surface area contributed by atoms with E-state index in [1.165, 1.54) is 26.2 Å². The number of hydrogen-bond donors (Lipinski definition) is 2. The Balaban J connectivity index is 1.13. The number of ether oxygens (including phenoxy) is 1.